The van der Waals surface area contributed by atoms with Gasteiger partial charge in [-0.25, -0.2) is 4.79 Å². The van der Waals surface area contributed by atoms with Crippen LogP contribution in [0.3, 0.4) is 0 Å². The zero-order chi connectivity index (χ0) is 18.0. The number of carbonyl (C=O) groups is 3. The lowest BCUT2D eigenvalue weighted by molar-refractivity contribution is -0.116. The van der Waals surface area contributed by atoms with Crippen molar-refractivity contribution in [2.75, 3.05) is 10.6 Å². The highest BCUT2D eigenvalue weighted by molar-refractivity contribution is 6.05. The number of amides is 2. The van der Waals surface area contributed by atoms with Gasteiger partial charge in [-0.05, 0) is 54.8 Å². The molecule has 1 aliphatic rings. The number of carbonyl (C=O) groups excluding carboxylic acids is 2. The van der Waals surface area contributed by atoms with Crippen molar-refractivity contribution in [2.45, 2.75) is 19.3 Å². The Morgan fingerprint density at radius 3 is 2.64 bits per heavy atom. The SMILES string of the molecule is O=C1CCCc2cc(C(=O)Nc3ccc(O)c(C(=O)O)c3)ccc2N1. The topological polar surface area (TPSA) is 116 Å². The number of benzene rings is 2. The molecule has 7 heteroatoms. The van der Waals surface area contributed by atoms with Crippen molar-refractivity contribution in [3.8, 4) is 5.75 Å². The summed E-state index contributed by atoms with van der Waals surface area (Å²) in [5.74, 6) is -2.10. The fraction of sp³-hybridized carbons (Fsp3) is 0.167. The number of carboxylic acids is 1. The van der Waals surface area contributed by atoms with Crippen LogP contribution in [0.15, 0.2) is 36.4 Å². The Kier molecular flexibility index (Phi) is 4.38. The number of carboxylic acid groups (broad SMARTS) is 1. The molecule has 128 valence electrons. The van der Waals surface area contributed by atoms with E-state index in [0.29, 0.717) is 30.5 Å². The van der Waals surface area contributed by atoms with Gasteiger partial charge < -0.3 is 20.8 Å². The summed E-state index contributed by atoms with van der Waals surface area (Å²) in [7, 11) is 0. The quantitative estimate of drug-likeness (QED) is 0.641. The minimum absolute atomic E-state index is 0.0405. The predicted molar refractivity (Wildman–Crippen MR) is 91.0 cm³/mol. The molecule has 1 heterocycles. The second-order valence-corrected chi connectivity index (χ2v) is 5.76. The number of hydrogen-bond acceptors (Lipinski definition) is 4. The third kappa shape index (κ3) is 3.60. The summed E-state index contributed by atoms with van der Waals surface area (Å²) in [5, 5.41) is 23.9. The van der Waals surface area contributed by atoms with Gasteiger partial charge in [0.25, 0.3) is 5.91 Å². The Morgan fingerprint density at radius 1 is 1.08 bits per heavy atom. The van der Waals surface area contributed by atoms with Crippen LogP contribution in [0.25, 0.3) is 0 Å². The molecule has 0 unspecified atom stereocenters. The van der Waals surface area contributed by atoms with E-state index in [9.17, 15) is 19.5 Å². The summed E-state index contributed by atoms with van der Waals surface area (Å²) < 4.78 is 0. The van der Waals surface area contributed by atoms with Crippen molar-refractivity contribution >= 4 is 29.2 Å². The lowest BCUT2D eigenvalue weighted by Gasteiger charge is -2.10. The van der Waals surface area contributed by atoms with Crippen LogP contribution in [0, 0.1) is 0 Å². The van der Waals surface area contributed by atoms with Gasteiger partial charge in [0.15, 0.2) is 0 Å². The van der Waals surface area contributed by atoms with Gasteiger partial charge in [0.1, 0.15) is 11.3 Å². The van der Waals surface area contributed by atoms with E-state index in [2.05, 4.69) is 10.6 Å². The Labute approximate surface area is 143 Å². The van der Waals surface area contributed by atoms with Crippen molar-refractivity contribution in [1.82, 2.24) is 0 Å². The van der Waals surface area contributed by atoms with Crippen molar-refractivity contribution < 1.29 is 24.6 Å². The van der Waals surface area contributed by atoms with Crippen molar-refractivity contribution in [2.24, 2.45) is 0 Å². The Bertz CT molecular complexity index is 876. The molecule has 2 amide bonds. The molecule has 0 aliphatic carbocycles. The van der Waals surface area contributed by atoms with E-state index in [1.54, 1.807) is 18.2 Å². The third-order valence-electron chi connectivity index (χ3n) is 3.98. The Hall–Kier alpha value is -3.35. The van der Waals surface area contributed by atoms with Crippen LogP contribution in [0.5, 0.6) is 5.75 Å². The number of aromatic hydroxyl groups is 1. The first-order chi connectivity index (χ1) is 11.9. The normalized spacial score (nSPS) is 13.4. The van der Waals surface area contributed by atoms with Gasteiger partial charge in [0.05, 0.1) is 0 Å². The lowest BCUT2D eigenvalue weighted by atomic mass is 10.0. The summed E-state index contributed by atoms with van der Waals surface area (Å²) >= 11 is 0. The molecule has 0 atom stereocenters. The first kappa shape index (κ1) is 16.5. The maximum atomic E-state index is 12.4. The Morgan fingerprint density at radius 2 is 1.88 bits per heavy atom. The molecule has 4 N–H and O–H groups in total. The van der Waals surface area contributed by atoms with Crippen LogP contribution in [-0.4, -0.2) is 28.0 Å². The van der Waals surface area contributed by atoms with Crippen LogP contribution >= 0.6 is 0 Å². The molecular weight excluding hydrogens is 324 g/mol. The van der Waals surface area contributed by atoms with Crippen LogP contribution in [0.4, 0.5) is 11.4 Å². The van der Waals surface area contributed by atoms with E-state index >= 15 is 0 Å². The zero-order valence-electron chi connectivity index (χ0n) is 13.2. The maximum Gasteiger partial charge on any atom is 0.339 e. The number of fused-ring (bicyclic) bond motifs is 1. The van der Waals surface area contributed by atoms with Crippen molar-refractivity contribution in [3.63, 3.8) is 0 Å². The highest BCUT2D eigenvalue weighted by atomic mass is 16.4. The van der Waals surface area contributed by atoms with Gasteiger partial charge in [-0.1, -0.05) is 0 Å². The summed E-state index contributed by atoms with van der Waals surface area (Å²) in [6.45, 7) is 0. The van der Waals surface area contributed by atoms with Crippen molar-refractivity contribution in [3.05, 3.63) is 53.1 Å². The molecule has 3 rings (SSSR count). The average Bonchev–Trinajstić information content (AvgIpc) is 2.76. The van der Waals surface area contributed by atoms with E-state index in [1.807, 2.05) is 0 Å². The summed E-state index contributed by atoms with van der Waals surface area (Å²) in [5.41, 5.74) is 1.97. The number of rotatable bonds is 3. The van der Waals surface area contributed by atoms with Crippen LogP contribution in [0.2, 0.25) is 0 Å². The lowest BCUT2D eigenvalue weighted by Crippen LogP contribution is -2.14. The van der Waals surface area contributed by atoms with E-state index in [-0.39, 0.29) is 22.9 Å². The average molecular weight is 340 g/mol. The third-order valence-corrected chi connectivity index (χ3v) is 3.98. The summed E-state index contributed by atoms with van der Waals surface area (Å²) in [4.78, 5) is 35.0. The molecule has 1 aliphatic heterocycles. The first-order valence-electron chi connectivity index (χ1n) is 7.74. The fourth-order valence-electron chi connectivity index (χ4n) is 2.70. The van der Waals surface area contributed by atoms with Gasteiger partial charge in [-0.2, -0.15) is 0 Å². The molecular formula is C18H16N2O5. The summed E-state index contributed by atoms with van der Waals surface area (Å²) in [6.07, 6.45) is 1.85. The highest BCUT2D eigenvalue weighted by Gasteiger charge is 2.16. The largest absolute Gasteiger partial charge is 0.507 e. The van der Waals surface area contributed by atoms with Gasteiger partial charge >= 0.3 is 5.97 Å². The molecule has 0 aromatic heterocycles. The second-order valence-electron chi connectivity index (χ2n) is 5.76. The molecule has 0 saturated heterocycles. The van der Waals surface area contributed by atoms with Crippen LogP contribution in [0.1, 0.15) is 39.1 Å². The monoisotopic (exact) mass is 340 g/mol. The Balaban J connectivity index is 1.82. The van der Waals surface area contributed by atoms with Gasteiger partial charge in [-0.3, -0.25) is 9.59 Å². The van der Waals surface area contributed by atoms with Gasteiger partial charge in [0.2, 0.25) is 5.91 Å². The highest BCUT2D eigenvalue weighted by Crippen LogP contribution is 2.25. The van der Waals surface area contributed by atoms with Gasteiger partial charge in [-0.15, -0.1) is 0 Å². The number of phenols is 1. The number of hydrogen-bond donors (Lipinski definition) is 4. The number of anilines is 2. The van der Waals surface area contributed by atoms with Crippen LogP contribution < -0.4 is 10.6 Å². The van der Waals surface area contributed by atoms with Crippen molar-refractivity contribution in [1.29, 1.82) is 0 Å². The minimum atomic E-state index is -1.28. The zero-order valence-corrected chi connectivity index (χ0v) is 13.2. The molecule has 0 saturated carbocycles. The predicted octanol–water partition coefficient (Wildman–Crippen LogP) is 2.62. The minimum Gasteiger partial charge on any atom is -0.507 e. The number of nitrogens with one attached hydrogen (secondary N) is 2. The standard InChI is InChI=1S/C18H16N2O5/c21-15-7-5-12(9-13(15)18(24)25)19-17(23)11-4-6-14-10(8-11)2-1-3-16(22)20-14/h4-9,21H,1-3H2,(H,19,23)(H,20,22)(H,24,25). The maximum absolute atomic E-state index is 12.4. The molecule has 2 aromatic carbocycles. The molecule has 25 heavy (non-hydrogen) atoms. The molecule has 0 fully saturated rings. The molecule has 2 aromatic rings. The van der Waals surface area contributed by atoms with Gasteiger partial charge in [0, 0.05) is 23.4 Å². The van der Waals surface area contributed by atoms with E-state index in [1.165, 1.54) is 18.2 Å². The first-order valence-corrected chi connectivity index (χ1v) is 7.74. The molecule has 7 nitrogen and oxygen atoms in total. The van der Waals surface area contributed by atoms with Crippen LogP contribution in [-0.2, 0) is 11.2 Å². The molecule has 0 radical (unpaired) electrons. The van der Waals surface area contributed by atoms with E-state index < -0.39 is 11.9 Å². The van der Waals surface area contributed by atoms with E-state index in [4.69, 9.17) is 5.11 Å². The number of aryl methyl sites for hydroxylation is 1. The smallest absolute Gasteiger partial charge is 0.339 e. The summed E-state index contributed by atoms with van der Waals surface area (Å²) in [6, 6.07) is 8.83. The van der Waals surface area contributed by atoms with E-state index in [0.717, 1.165) is 5.56 Å². The number of aromatic carboxylic acids is 1. The molecule has 0 bridgehead atoms. The molecule has 0 spiro atoms. The second kappa shape index (κ2) is 6.64. The fourth-order valence-corrected chi connectivity index (χ4v) is 2.70.